The van der Waals surface area contributed by atoms with Crippen LogP contribution in [0.2, 0.25) is 0 Å². The van der Waals surface area contributed by atoms with E-state index in [-0.39, 0.29) is 30.2 Å². The van der Waals surface area contributed by atoms with Gasteiger partial charge < -0.3 is 11.1 Å². The van der Waals surface area contributed by atoms with Crippen LogP contribution < -0.4 is 11.1 Å². The van der Waals surface area contributed by atoms with E-state index in [2.05, 4.69) is 24.1 Å². The number of hydrogen-bond acceptors (Lipinski definition) is 4. The molecule has 3 N–H and O–H groups in total. The van der Waals surface area contributed by atoms with Gasteiger partial charge in [-0.15, -0.1) is 36.2 Å². The fourth-order valence-electron chi connectivity index (χ4n) is 2.01. The average molecular weight is 328 g/mol. The molecule has 1 aromatic rings. The molecule has 0 saturated heterocycles. The number of rotatable bonds is 9. The Kier molecular flexibility index (Phi) is 13.4. The molecule has 1 aromatic heterocycles. The van der Waals surface area contributed by atoms with Gasteiger partial charge in [0.15, 0.2) is 0 Å². The molecule has 0 aromatic carbocycles. The van der Waals surface area contributed by atoms with Gasteiger partial charge in [0.1, 0.15) is 0 Å². The van der Waals surface area contributed by atoms with Gasteiger partial charge in [-0.1, -0.05) is 20.3 Å². The van der Waals surface area contributed by atoms with Gasteiger partial charge in [-0.05, 0) is 32.4 Å². The van der Waals surface area contributed by atoms with Crippen molar-refractivity contribution in [1.82, 2.24) is 10.3 Å². The zero-order valence-electron chi connectivity index (χ0n) is 11.9. The fraction of sp³-hybridized carbons (Fsp3) is 0.769. The summed E-state index contributed by atoms with van der Waals surface area (Å²) in [6, 6.07) is 0. The Labute approximate surface area is 133 Å². The number of nitrogens with zero attached hydrogens (tertiary/aromatic N) is 1. The van der Waals surface area contributed by atoms with E-state index in [0.29, 0.717) is 6.54 Å². The van der Waals surface area contributed by atoms with E-state index in [1.54, 1.807) is 11.3 Å². The molecule has 1 heterocycles. The topological polar surface area (TPSA) is 50.9 Å². The van der Waals surface area contributed by atoms with Gasteiger partial charge in [0.05, 0.1) is 5.01 Å². The Balaban J connectivity index is 0. The predicted octanol–water partition coefficient (Wildman–Crippen LogP) is 3.37. The fourth-order valence-corrected chi connectivity index (χ4v) is 2.96. The van der Waals surface area contributed by atoms with E-state index in [0.717, 1.165) is 25.9 Å². The first kappa shape index (κ1) is 21.4. The van der Waals surface area contributed by atoms with Crippen molar-refractivity contribution in [3.8, 4) is 0 Å². The molecular weight excluding hydrogens is 301 g/mol. The normalized spacial score (nSPS) is 13.2. The standard InChI is InChI=1S/C13H25N3S.2ClH/c1-3-5-7-15-8-6-13(4-2,11-14)12-16-9-10-17-12;;/h9-10,15H,3-8,11,14H2,1-2H3;2*1H. The highest BCUT2D eigenvalue weighted by atomic mass is 35.5. The average Bonchev–Trinajstić information content (AvgIpc) is 2.89. The molecule has 0 spiro atoms. The Bertz CT molecular complexity index is 290. The molecule has 3 nitrogen and oxygen atoms in total. The predicted molar refractivity (Wildman–Crippen MR) is 90.0 cm³/mol. The molecule has 114 valence electrons. The molecule has 0 saturated carbocycles. The lowest BCUT2D eigenvalue weighted by atomic mass is 9.82. The van der Waals surface area contributed by atoms with Crippen LogP contribution in [-0.2, 0) is 5.41 Å². The van der Waals surface area contributed by atoms with E-state index < -0.39 is 0 Å². The Morgan fingerprint density at radius 2 is 2.05 bits per heavy atom. The monoisotopic (exact) mass is 327 g/mol. The second kappa shape index (κ2) is 11.9. The van der Waals surface area contributed by atoms with Crippen molar-refractivity contribution in [1.29, 1.82) is 0 Å². The molecular formula is C13H27Cl2N3S. The minimum atomic E-state index is 0. The van der Waals surface area contributed by atoms with E-state index in [4.69, 9.17) is 5.73 Å². The van der Waals surface area contributed by atoms with Crippen molar-refractivity contribution >= 4 is 36.2 Å². The van der Waals surface area contributed by atoms with Gasteiger partial charge in [-0.3, -0.25) is 0 Å². The molecule has 19 heavy (non-hydrogen) atoms. The molecule has 0 fully saturated rings. The van der Waals surface area contributed by atoms with Crippen molar-refractivity contribution < 1.29 is 0 Å². The first-order chi connectivity index (χ1) is 8.29. The smallest absolute Gasteiger partial charge is 0.0999 e. The second-order valence-electron chi connectivity index (χ2n) is 4.53. The lowest BCUT2D eigenvalue weighted by molar-refractivity contribution is 0.377. The highest BCUT2D eigenvalue weighted by molar-refractivity contribution is 7.09. The molecule has 0 aliphatic carbocycles. The van der Waals surface area contributed by atoms with Crippen LogP contribution >= 0.6 is 36.2 Å². The van der Waals surface area contributed by atoms with Crippen LogP contribution in [0.25, 0.3) is 0 Å². The van der Waals surface area contributed by atoms with Crippen molar-refractivity contribution in [2.45, 2.75) is 44.9 Å². The summed E-state index contributed by atoms with van der Waals surface area (Å²) >= 11 is 1.73. The molecule has 1 rings (SSSR count). The number of nitrogens with two attached hydrogens (primary N) is 1. The summed E-state index contributed by atoms with van der Waals surface area (Å²) in [6.45, 7) is 7.25. The largest absolute Gasteiger partial charge is 0.329 e. The van der Waals surface area contributed by atoms with E-state index in [1.807, 2.05) is 11.6 Å². The highest BCUT2D eigenvalue weighted by Gasteiger charge is 2.30. The van der Waals surface area contributed by atoms with Gasteiger partial charge in [0, 0.05) is 23.5 Å². The molecule has 1 unspecified atom stereocenters. The lowest BCUT2D eigenvalue weighted by Crippen LogP contribution is -2.37. The van der Waals surface area contributed by atoms with Crippen LogP contribution in [-0.4, -0.2) is 24.6 Å². The quantitative estimate of drug-likeness (QED) is 0.683. The molecule has 0 aliphatic heterocycles. The summed E-state index contributed by atoms with van der Waals surface area (Å²) in [4.78, 5) is 4.46. The maximum Gasteiger partial charge on any atom is 0.0999 e. The summed E-state index contributed by atoms with van der Waals surface area (Å²) in [5.41, 5.74) is 6.07. The van der Waals surface area contributed by atoms with Gasteiger partial charge in [-0.25, -0.2) is 4.98 Å². The summed E-state index contributed by atoms with van der Waals surface area (Å²) in [5.74, 6) is 0. The summed E-state index contributed by atoms with van der Waals surface area (Å²) in [7, 11) is 0. The van der Waals surface area contributed by atoms with E-state index in [9.17, 15) is 0 Å². The minimum absolute atomic E-state index is 0. The SMILES string of the molecule is CCCCNCCC(CC)(CN)c1nccs1.Cl.Cl. The summed E-state index contributed by atoms with van der Waals surface area (Å²) in [5, 5.41) is 6.73. The van der Waals surface area contributed by atoms with Crippen LogP contribution in [0.1, 0.15) is 44.5 Å². The second-order valence-corrected chi connectivity index (χ2v) is 5.42. The Hall–Kier alpha value is 0.130. The third-order valence-electron chi connectivity index (χ3n) is 3.44. The minimum Gasteiger partial charge on any atom is -0.329 e. The zero-order valence-corrected chi connectivity index (χ0v) is 14.3. The Morgan fingerprint density at radius 1 is 1.32 bits per heavy atom. The number of nitrogens with one attached hydrogen (secondary N) is 1. The molecule has 0 amide bonds. The number of thiazole rings is 1. The highest BCUT2D eigenvalue weighted by Crippen LogP contribution is 2.31. The number of aromatic nitrogens is 1. The first-order valence-electron chi connectivity index (χ1n) is 6.60. The third kappa shape index (κ3) is 6.41. The van der Waals surface area contributed by atoms with Gasteiger partial charge in [0.2, 0.25) is 0 Å². The maximum absolute atomic E-state index is 5.99. The summed E-state index contributed by atoms with van der Waals surface area (Å²) < 4.78 is 0. The van der Waals surface area contributed by atoms with Crippen LogP contribution in [0.15, 0.2) is 11.6 Å². The van der Waals surface area contributed by atoms with Gasteiger partial charge in [0.25, 0.3) is 0 Å². The van der Waals surface area contributed by atoms with Crippen molar-refractivity contribution in [2.24, 2.45) is 5.73 Å². The number of unbranched alkanes of at least 4 members (excludes halogenated alkanes) is 1. The molecule has 0 radical (unpaired) electrons. The van der Waals surface area contributed by atoms with Gasteiger partial charge in [-0.2, -0.15) is 0 Å². The lowest BCUT2D eigenvalue weighted by Gasteiger charge is -2.29. The maximum atomic E-state index is 5.99. The number of hydrogen-bond donors (Lipinski definition) is 2. The molecule has 6 heteroatoms. The first-order valence-corrected chi connectivity index (χ1v) is 7.47. The van der Waals surface area contributed by atoms with Crippen molar-refractivity contribution in [3.63, 3.8) is 0 Å². The van der Waals surface area contributed by atoms with Crippen LogP contribution in [0.5, 0.6) is 0 Å². The third-order valence-corrected chi connectivity index (χ3v) is 4.46. The number of halogens is 2. The zero-order chi connectivity index (χ0) is 12.6. The van der Waals surface area contributed by atoms with E-state index >= 15 is 0 Å². The van der Waals surface area contributed by atoms with E-state index in [1.165, 1.54) is 17.8 Å². The van der Waals surface area contributed by atoms with Crippen LogP contribution in [0.3, 0.4) is 0 Å². The van der Waals surface area contributed by atoms with Crippen molar-refractivity contribution in [2.75, 3.05) is 19.6 Å². The van der Waals surface area contributed by atoms with Crippen LogP contribution in [0, 0.1) is 0 Å². The van der Waals surface area contributed by atoms with Gasteiger partial charge >= 0.3 is 0 Å². The van der Waals surface area contributed by atoms with Crippen molar-refractivity contribution in [3.05, 3.63) is 16.6 Å². The summed E-state index contributed by atoms with van der Waals surface area (Å²) in [6.07, 6.45) is 6.52. The Morgan fingerprint density at radius 3 is 2.53 bits per heavy atom. The molecule has 0 aliphatic rings. The molecule has 0 bridgehead atoms. The molecule has 1 atom stereocenters. The van der Waals surface area contributed by atoms with Crippen LogP contribution in [0.4, 0.5) is 0 Å².